The lowest BCUT2D eigenvalue weighted by Crippen LogP contribution is -2.23. The molecule has 0 fully saturated rings. The Morgan fingerprint density at radius 1 is 1.12 bits per heavy atom. The van der Waals surface area contributed by atoms with E-state index in [0.29, 0.717) is 5.95 Å². The average molecular weight is 351 g/mol. The SMILES string of the molecule is CN(CCc1ccncc1)c1ncc(C(=O)Nc2ccccc2F)cn1. The van der Waals surface area contributed by atoms with E-state index in [-0.39, 0.29) is 11.3 Å². The number of para-hydroxylation sites is 1. The first-order chi connectivity index (χ1) is 12.6. The number of halogens is 1. The largest absolute Gasteiger partial charge is 0.344 e. The van der Waals surface area contributed by atoms with Crippen LogP contribution in [0.3, 0.4) is 0 Å². The minimum Gasteiger partial charge on any atom is -0.344 e. The zero-order valence-corrected chi connectivity index (χ0v) is 14.3. The first-order valence-corrected chi connectivity index (χ1v) is 8.11. The molecule has 0 atom stereocenters. The number of carbonyl (C=O) groups is 1. The van der Waals surface area contributed by atoms with E-state index in [4.69, 9.17) is 0 Å². The van der Waals surface area contributed by atoms with Crippen molar-refractivity contribution in [2.45, 2.75) is 6.42 Å². The van der Waals surface area contributed by atoms with Crippen LogP contribution in [0.15, 0.2) is 61.2 Å². The fraction of sp³-hybridized carbons (Fsp3) is 0.158. The van der Waals surface area contributed by atoms with E-state index in [1.165, 1.54) is 30.1 Å². The smallest absolute Gasteiger partial charge is 0.258 e. The van der Waals surface area contributed by atoms with Gasteiger partial charge in [0.1, 0.15) is 5.82 Å². The van der Waals surface area contributed by atoms with E-state index in [1.807, 2.05) is 24.1 Å². The molecule has 7 heteroatoms. The fourth-order valence-corrected chi connectivity index (χ4v) is 2.34. The number of hydrogen-bond donors (Lipinski definition) is 1. The van der Waals surface area contributed by atoms with Gasteiger partial charge in [-0.05, 0) is 36.2 Å². The maximum absolute atomic E-state index is 13.6. The Hall–Kier alpha value is -3.35. The summed E-state index contributed by atoms with van der Waals surface area (Å²) in [5.74, 6) is -0.433. The molecule has 1 amide bonds. The number of benzene rings is 1. The minimum atomic E-state index is -0.491. The molecule has 132 valence electrons. The van der Waals surface area contributed by atoms with E-state index in [0.717, 1.165) is 13.0 Å². The third kappa shape index (κ3) is 4.38. The van der Waals surface area contributed by atoms with Gasteiger partial charge < -0.3 is 10.2 Å². The second-order valence-electron chi connectivity index (χ2n) is 5.73. The standard InChI is InChI=1S/C19H18FN5O/c1-25(11-8-14-6-9-21-10-7-14)19-22-12-15(13-23-19)18(26)24-17-5-3-2-4-16(17)20/h2-7,9-10,12-13H,8,11H2,1H3,(H,24,26). The van der Waals surface area contributed by atoms with Crippen molar-refractivity contribution in [1.29, 1.82) is 0 Å². The van der Waals surface area contributed by atoms with E-state index in [9.17, 15) is 9.18 Å². The van der Waals surface area contributed by atoms with Gasteiger partial charge in [-0.2, -0.15) is 0 Å². The second-order valence-corrected chi connectivity index (χ2v) is 5.73. The second kappa shape index (κ2) is 8.15. The van der Waals surface area contributed by atoms with Crippen molar-refractivity contribution in [2.75, 3.05) is 23.8 Å². The molecule has 0 saturated heterocycles. The molecule has 1 N–H and O–H groups in total. The number of nitrogens with one attached hydrogen (secondary N) is 1. The summed E-state index contributed by atoms with van der Waals surface area (Å²) in [5, 5.41) is 2.51. The molecule has 26 heavy (non-hydrogen) atoms. The summed E-state index contributed by atoms with van der Waals surface area (Å²) < 4.78 is 13.6. The van der Waals surface area contributed by atoms with Crippen molar-refractivity contribution in [1.82, 2.24) is 15.0 Å². The van der Waals surface area contributed by atoms with Gasteiger partial charge in [-0.25, -0.2) is 14.4 Å². The summed E-state index contributed by atoms with van der Waals surface area (Å²) >= 11 is 0. The zero-order valence-electron chi connectivity index (χ0n) is 14.3. The highest BCUT2D eigenvalue weighted by Gasteiger charge is 2.11. The number of amides is 1. The van der Waals surface area contributed by atoms with Gasteiger partial charge >= 0.3 is 0 Å². The third-order valence-electron chi connectivity index (χ3n) is 3.85. The lowest BCUT2D eigenvalue weighted by molar-refractivity contribution is 0.102. The van der Waals surface area contributed by atoms with Crippen LogP contribution < -0.4 is 10.2 Å². The number of likely N-dealkylation sites (N-methyl/N-ethyl adjacent to an activating group) is 1. The van der Waals surface area contributed by atoms with Crippen LogP contribution >= 0.6 is 0 Å². The van der Waals surface area contributed by atoms with Crippen molar-refractivity contribution in [3.05, 3.63) is 78.1 Å². The molecule has 6 nitrogen and oxygen atoms in total. The van der Waals surface area contributed by atoms with Crippen LogP contribution in [0.2, 0.25) is 0 Å². The minimum absolute atomic E-state index is 0.121. The fourth-order valence-electron chi connectivity index (χ4n) is 2.34. The van der Waals surface area contributed by atoms with Crippen LogP contribution in [-0.2, 0) is 6.42 Å². The Kier molecular flexibility index (Phi) is 5.48. The Morgan fingerprint density at radius 2 is 1.81 bits per heavy atom. The molecule has 0 radical (unpaired) electrons. The van der Waals surface area contributed by atoms with Crippen molar-refractivity contribution < 1.29 is 9.18 Å². The highest BCUT2D eigenvalue weighted by atomic mass is 19.1. The predicted molar refractivity (Wildman–Crippen MR) is 97.6 cm³/mol. The maximum Gasteiger partial charge on any atom is 0.258 e. The molecular formula is C19H18FN5O. The molecule has 0 spiro atoms. The topological polar surface area (TPSA) is 71.0 Å². The summed E-state index contributed by atoms with van der Waals surface area (Å²) in [6.45, 7) is 0.727. The van der Waals surface area contributed by atoms with Crippen molar-refractivity contribution >= 4 is 17.5 Å². The van der Waals surface area contributed by atoms with Gasteiger partial charge in [0.15, 0.2) is 0 Å². The van der Waals surface area contributed by atoms with Gasteiger partial charge in [0.05, 0.1) is 11.3 Å². The number of aromatic nitrogens is 3. The van der Waals surface area contributed by atoms with Crippen molar-refractivity contribution in [3.63, 3.8) is 0 Å². The molecule has 2 heterocycles. The Bertz CT molecular complexity index is 871. The van der Waals surface area contributed by atoms with E-state index in [2.05, 4.69) is 20.3 Å². The van der Waals surface area contributed by atoms with Crippen LogP contribution in [0.25, 0.3) is 0 Å². The summed E-state index contributed by atoms with van der Waals surface area (Å²) in [5.41, 5.74) is 1.56. The van der Waals surface area contributed by atoms with Crippen molar-refractivity contribution in [3.8, 4) is 0 Å². The summed E-state index contributed by atoms with van der Waals surface area (Å²) in [6, 6.07) is 9.92. The third-order valence-corrected chi connectivity index (χ3v) is 3.85. The number of hydrogen-bond acceptors (Lipinski definition) is 5. The number of anilines is 2. The van der Waals surface area contributed by atoms with Crippen LogP contribution in [0.4, 0.5) is 16.0 Å². The molecule has 0 bridgehead atoms. The van der Waals surface area contributed by atoms with Crippen molar-refractivity contribution in [2.24, 2.45) is 0 Å². The first kappa shape index (κ1) is 17.5. The van der Waals surface area contributed by atoms with Gasteiger partial charge in [0.25, 0.3) is 5.91 Å². The molecule has 0 aliphatic rings. The average Bonchev–Trinajstić information content (AvgIpc) is 2.69. The monoisotopic (exact) mass is 351 g/mol. The lowest BCUT2D eigenvalue weighted by Gasteiger charge is -2.16. The predicted octanol–water partition coefficient (Wildman–Crippen LogP) is 2.94. The van der Waals surface area contributed by atoms with Crippen LogP contribution in [-0.4, -0.2) is 34.5 Å². The van der Waals surface area contributed by atoms with Crippen LogP contribution in [0.1, 0.15) is 15.9 Å². The van der Waals surface area contributed by atoms with Gasteiger partial charge in [-0.3, -0.25) is 9.78 Å². The van der Waals surface area contributed by atoms with E-state index < -0.39 is 11.7 Å². The summed E-state index contributed by atoms with van der Waals surface area (Å²) in [4.78, 5) is 26.5. The van der Waals surface area contributed by atoms with Gasteiger partial charge in [0, 0.05) is 38.4 Å². The Balaban J connectivity index is 1.60. The molecule has 0 aliphatic carbocycles. The summed E-state index contributed by atoms with van der Waals surface area (Å²) in [6.07, 6.45) is 7.21. The number of rotatable bonds is 6. The highest BCUT2D eigenvalue weighted by molar-refractivity contribution is 6.03. The number of pyridine rings is 1. The maximum atomic E-state index is 13.6. The summed E-state index contributed by atoms with van der Waals surface area (Å²) in [7, 11) is 1.88. The quantitative estimate of drug-likeness (QED) is 0.739. The van der Waals surface area contributed by atoms with Crippen LogP contribution in [0.5, 0.6) is 0 Å². The van der Waals surface area contributed by atoms with Gasteiger partial charge in [-0.15, -0.1) is 0 Å². The van der Waals surface area contributed by atoms with Crippen LogP contribution in [0, 0.1) is 5.82 Å². The lowest BCUT2D eigenvalue weighted by atomic mass is 10.2. The zero-order chi connectivity index (χ0) is 18.4. The number of carbonyl (C=O) groups excluding carboxylic acids is 1. The molecule has 1 aromatic carbocycles. The molecular weight excluding hydrogens is 333 g/mol. The van der Waals surface area contributed by atoms with E-state index in [1.54, 1.807) is 24.5 Å². The van der Waals surface area contributed by atoms with Gasteiger partial charge in [-0.1, -0.05) is 12.1 Å². The van der Waals surface area contributed by atoms with E-state index >= 15 is 0 Å². The first-order valence-electron chi connectivity index (χ1n) is 8.11. The molecule has 2 aromatic heterocycles. The molecule has 3 aromatic rings. The Labute approximate surface area is 150 Å². The molecule has 3 rings (SSSR count). The Morgan fingerprint density at radius 3 is 2.50 bits per heavy atom. The number of nitrogens with zero attached hydrogens (tertiary/aromatic N) is 4. The molecule has 0 unspecified atom stereocenters. The van der Waals surface area contributed by atoms with Gasteiger partial charge in [0.2, 0.25) is 5.95 Å². The molecule has 0 saturated carbocycles. The molecule has 0 aliphatic heterocycles. The highest BCUT2D eigenvalue weighted by Crippen LogP contribution is 2.14. The normalized spacial score (nSPS) is 10.4.